The molecule has 0 aromatic carbocycles. The van der Waals surface area contributed by atoms with Crippen LogP contribution in [0.2, 0.25) is 0 Å². The van der Waals surface area contributed by atoms with Crippen molar-refractivity contribution in [3.05, 3.63) is 35.0 Å². The Morgan fingerprint density at radius 1 is 1.22 bits per heavy atom. The minimum absolute atomic E-state index is 0.0583. The summed E-state index contributed by atoms with van der Waals surface area (Å²) >= 11 is 0. The zero-order valence-electron chi connectivity index (χ0n) is 10.5. The van der Waals surface area contributed by atoms with Gasteiger partial charge in [-0.1, -0.05) is 6.58 Å². The molecule has 96 valence electrons. The molecule has 0 N–H and O–H groups in total. The van der Waals surface area contributed by atoms with E-state index in [0.29, 0.717) is 25.9 Å². The molecule has 0 amide bonds. The van der Waals surface area contributed by atoms with Gasteiger partial charge in [0.05, 0.1) is 6.42 Å². The number of rotatable bonds is 1. The second-order valence-electron chi connectivity index (χ2n) is 4.96. The first-order valence-electron chi connectivity index (χ1n) is 6.22. The van der Waals surface area contributed by atoms with Crippen LogP contribution >= 0.6 is 0 Å². The summed E-state index contributed by atoms with van der Waals surface area (Å²) in [6, 6.07) is 0. The van der Waals surface area contributed by atoms with Gasteiger partial charge >= 0.3 is 5.97 Å². The number of carbonyl (C=O) groups is 1. The van der Waals surface area contributed by atoms with E-state index in [9.17, 15) is 4.79 Å². The summed E-state index contributed by atoms with van der Waals surface area (Å²) in [6.45, 7) is 6.33. The summed E-state index contributed by atoms with van der Waals surface area (Å²) in [4.78, 5) is 11.3. The Morgan fingerprint density at radius 2 is 2.06 bits per heavy atom. The van der Waals surface area contributed by atoms with Gasteiger partial charge in [0, 0.05) is 12.8 Å². The molecule has 4 heteroatoms. The zero-order valence-corrected chi connectivity index (χ0v) is 10.5. The molecule has 0 unspecified atom stereocenters. The molecular weight excluding hydrogens is 232 g/mol. The quantitative estimate of drug-likeness (QED) is 0.528. The lowest BCUT2D eigenvalue weighted by atomic mass is 9.94. The van der Waals surface area contributed by atoms with E-state index >= 15 is 0 Å². The van der Waals surface area contributed by atoms with Crippen LogP contribution in [-0.4, -0.2) is 18.7 Å². The van der Waals surface area contributed by atoms with Crippen LogP contribution in [-0.2, 0) is 19.0 Å². The maximum Gasteiger partial charge on any atom is 0.311 e. The summed E-state index contributed by atoms with van der Waals surface area (Å²) in [6.07, 6.45) is 2.41. The Bertz CT molecular complexity index is 484. The highest BCUT2D eigenvalue weighted by molar-refractivity contribution is 5.72. The van der Waals surface area contributed by atoms with Crippen LogP contribution in [0.5, 0.6) is 0 Å². The molecule has 0 aromatic heterocycles. The van der Waals surface area contributed by atoms with Gasteiger partial charge in [0.1, 0.15) is 23.9 Å². The second kappa shape index (κ2) is 4.19. The Kier molecular flexibility index (Phi) is 2.65. The Morgan fingerprint density at radius 3 is 2.83 bits per heavy atom. The molecule has 0 fully saturated rings. The van der Waals surface area contributed by atoms with Crippen molar-refractivity contribution in [1.82, 2.24) is 0 Å². The predicted molar refractivity (Wildman–Crippen MR) is 64.3 cm³/mol. The number of hydrogen-bond acceptors (Lipinski definition) is 4. The summed E-state index contributed by atoms with van der Waals surface area (Å²) in [5.74, 6) is 2.31. The van der Waals surface area contributed by atoms with E-state index in [1.165, 1.54) is 5.57 Å². The van der Waals surface area contributed by atoms with E-state index in [0.717, 1.165) is 29.3 Å². The Labute approximate surface area is 106 Å². The van der Waals surface area contributed by atoms with E-state index in [1.54, 1.807) is 0 Å². The molecule has 3 rings (SSSR count). The Balaban J connectivity index is 1.78. The third-order valence-corrected chi connectivity index (χ3v) is 3.51. The van der Waals surface area contributed by atoms with Gasteiger partial charge in [0.25, 0.3) is 0 Å². The Hall–Kier alpha value is -1.71. The lowest BCUT2D eigenvalue weighted by Gasteiger charge is -2.34. The molecule has 1 aliphatic carbocycles. The van der Waals surface area contributed by atoms with Crippen LogP contribution in [0.15, 0.2) is 35.0 Å². The van der Waals surface area contributed by atoms with Crippen molar-refractivity contribution in [3.8, 4) is 0 Å². The maximum atomic E-state index is 11.3. The van der Waals surface area contributed by atoms with Gasteiger partial charge in [-0.3, -0.25) is 4.79 Å². The molecule has 2 aliphatic heterocycles. The lowest BCUT2D eigenvalue weighted by Crippen LogP contribution is -2.29. The van der Waals surface area contributed by atoms with Gasteiger partial charge in [0.2, 0.25) is 0 Å². The molecule has 0 radical (unpaired) electrons. The number of allylic oxidation sites excluding steroid dienone is 1. The van der Waals surface area contributed by atoms with Crippen LogP contribution in [0.4, 0.5) is 0 Å². The van der Waals surface area contributed by atoms with Crippen molar-refractivity contribution in [1.29, 1.82) is 0 Å². The predicted octanol–water partition coefficient (Wildman–Crippen LogP) is 2.57. The van der Waals surface area contributed by atoms with Gasteiger partial charge in [-0.15, -0.1) is 0 Å². The average molecular weight is 248 g/mol. The van der Waals surface area contributed by atoms with Crippen LogP contribution in [0, 0.1) is 0 Å². The van der Waals surface area contributed by atoms with Crippen molar-refractivity contribution in [3.63, 3.8) is 0 Å². The number of ether oxygens (including phenoxy) is 3. The minimum Gasteiger partial charge on any atom is -0.490 e. The summed E-state index contributed by atoms with van der Waals surface area (Å²) < 4.78 is 16.9. The van der Waals surface area contributed by atoms with Gasteiger partial charge < -0.3 is 14.2 Å². The largest absolute Gasteiger partial charge is 0.490 e. The van der Waals surface area contributed by atoms with Crippen LogP contribution in [0.25, 0.3) is 0 Å². The first-order valence-corrected chi connectivity index (χ1v) is 6.22. The highest BCUT2D eigenvalue weighted by atomic mass is 16.6. The molecule has 0 bridgehead atoms. The fraction of sp³-hybridized carbons (Fsp3) is 0.500. The second-order valence-corrected chi connectivity index (χ2v) is 4.96. The summed E-state index contributed by atoms with van der Waals surface area (Å²) in [5.41, 5.74) is 2.13. The zero-order chi connectivity index (χ0) is 12.7. The smallest absolute Gasteiger partial charge is 0.311 e. The van der Waals surface area contributed by atoms with Gasteiger partial charge in [-0.25, -0.2) is 0 Å². The van der Waals surface area contributed by atoms with Gasteiger partial charge in [-0.2, -0.15) is 0 Å². The van der Waals surface area contributed by atoms with Crippen LogP contribution in [0.3, 0.4) is 0 Å². The van der Waals surface area contributed by atoms with Crippen molar-refractivity contribution in [2.75, 3.05) is 6.61 Å². The third-order valence-electron chi connectivity index (χ3n) is 3.51. The fourth-order valence-corrected chi connectivity index (χ4v) is 2.40. The first kappa shape index (κ1) is 11.4. The van der Waals surface area contributed by atoms with Gasteiger partial charge in [0.15, 0.2) is 6.10 Å². The van der Waals surface area contributed by atoms with Crippen molar-refractivity contribution in [2.45, 2.75) is 38.7 Å². The average Bonchev–Trinajstić information content (AvgIpc) is 2.35. The highest BCUT2D eigenvalue weighted by Gasteiger charge is 2.33. The van der Waals surface area contributed by atoms with Crippen LogP contribution in [0.1, 0.15) is 32.6 Å². The highest BCUT2D eigenvalue weighted by Crippen LogP contribution is 2.39. The molecule has 3 aliphatic rings. The summed E-state index contributed by atoms with van der Waals surface area (Å²) in [5, 5.41) is 0. The van der Waals surface area contributed by atoms with Crippen LogP contribution < -0.4 is 0 Å². The summed E-state index contributed by atoms with van der Waals surface area (Å²) in [7, 11) is 0. The molecular formula is C14H16O4. The van der Waals surface area contributed by atoms with E-state index in [2.05, 4.69) is 6.58 Å². The van der Waals surface area contributed by atoms with Crippen molar-refractivity contribution in [2.24, 2.45) is 0 Å². The van der Waals surface area contributed by atoms with Crippen molar-refractivity contribution >= 4 is 5.97 Å². The topological polar surface area (TPSA) is 44.8 Å². The fourth-order valence-electron chi connectivity index (χ4n) is 2.40. The number of carbonyl (C=O) groups excluding carboxylic acids is 1. The molecule has 1 atom stereocenters. The third kappa shape index (κ3) is 1.92. The van der Waals surface area contributed by atoms with E-state index in [1.807, 2.05) is 6.92 Å². The molecule has 0 saturated carbocycles. The molecule has 2 heterocycles. The van der Waals surface area contributed by atoms with E-state index in [-0.39, 0.29) is 12.1 Å². The SMILES string of the molecule is C=C(C)[C@H]1COC2=C(CC3=C(C2)OC(=O)CC3)O1. The molecule has 4 nitrogen and oxygen atoms in total. The van der Waals surface area contributed by atoms with E-state index in [4.69, 9.17) is 14.2 Å². The molecule has 18 heavy (non-hydrogen) atoms. The minimum atomic E-state index is -0.144. The molecule has 0 spiro atoms. The normalized spacial score (nSPS) is 26.7. The standard InChI is InChI=1S/C14H16O4/c1-8(2)13-7-16-11-6-10-9(5-12(11)17-13)3-4-14(15)18-10/h13H,1,3-7H2,2H3/t13-/m1/s1. The monoisotopic (exact) mass is 248 g/mol. The number of esters is 1. The molecule has 0 saturated heterocycles. The number of hydrogen-bond donors (Lipinski definition) is 0. The first-order chi connectivity index (χ1) is 8.63. The van der Waals surface area contributed by atoms with Crippen molar-refractivity contribution < 1.29 is 19.0 Å². The lowest BCUT2D eigenvalue weighted by molar-refractivity contribution is -0.141. The van der Waals surface area contributed by atoms with Gasteiger partial charge in [-0.05, 0) is 24.5 Å². The van der Waals surface area contributed by atoms with E-state index < -0.39 is 0 Å². The maximum absolute atomic E-state index is 11.3. The molecule has 0 aromatic rings.